The number of nitrogens with one attached hydrogen (secondary N) is 1. The second-order valence-corrected chi connectivity index (χ2v) is 7.63. The van der Waals surface area contributed by atoms with E-state index in [9.17, 15) is 14.7 Å². The number of aryl methyl sites for hydroxylation is 1. The highest BCUT2D eigenvalue weighted by molar-refractivity contribution is 5.99. The van der Waals surface area contributed by atoms with Gasteiger partial charge in [0.25, 0.3) is 0 Å². The molecule has 4 rings (SSSR count). The van der Waals surface area contributed by atoms with Crippen molar-refractivity contribution >= 4 is 28.5 Å². The van der Waals surface area contributed by atoms with Crippen molar-refractivity contribution < 1.29 is 24.2 Å². The summed E-state index contributed by atoms with van der Waals surface area (Å²) in [6.45, 7) is 1.85. The Morgan fingerprint density at radius 3 is 2.35 bits per heavy atom. The Kier molecular flexibility index (Phi) is 6.40. The molecule has 0 fully saturated rings. The van der Waals surface area contributed by atoms with Gasteiger partial charge in [0.05, 0.1) is 37.1 Å². The van der Waals surface area contributed by atoms with Crippen LogP contribution in [0.4, 0.5) is 5.69 Å². The van der Waals surface area contributed by atoms with Crippen LogP contribution < -0.4 is 5.32 Å². The number of phenols is 1. The van der Waals surface area contributed by atoms with Crippen molar-refractivity contribution in [2.24, 2.45) is 0 Å². The summed E-state index contributed by atoms with van der Waals surface area (Å²) in [5, 5.41) is 15.3. The first-order valence-electron chi connectivity index (χ1n) is 10.5. The quantitative estimate of drug-likeness (QED) is 0.410. The number of pyridine rings is 2. The molecule has 0 aliphatic carbocycles. The maximum Gasteiger partial charge on any atom is 0.339 e. The summed E-state index contributed by atoms with van der Waals surface area (Å²) < 4.78 is 9.76. The minimum atomic E-state index is -0.606. The number of hydrogen-bond acceptors (Lipinski definition) is 8. The first kappa shape index (κ1) is 22.7. The fourth-order valence-corrected chi connectivity index (χ4v) is 3.77. The minimum Gasteiger partial charge on any atom is -0.505 e. The van der Waals surface area contributed by atoms with E-state index in [1.54, 1.807) is 30.6 Å². The van der Waals surface area contributed by atoms with Gasteiger partial charge in [-0.15, -0.1) is 0 Å². The number of anilines is 1. The number of nitrogens with zero attached hydrogens (tertiary/aromatic N) is 2. The predicted octanol–water partition coefficient (Wildman–Crippen LogP) is 4.42. The van der Waals surface area contributed by atoms with E-state index in [-0.39, 0.29) is 16.9 Å². The molecule has 34 heavy (non-hydrogen) atoms. The topological polar surface area (TPSA) is 111 Å². The van der Waals surface area contributed by atoms with Gasteiger partial charge in [0.2, 0.25) is 0 Å². The van der Waals surface area contributed by atoms with Gasteiger partial charge in [0.15, 0.2) is 0 Å². The average Bonchev–Trinajstić information content (AvgIpc) is 2.87. The molecule has 8 nitrogen and oxygen atoms in total. The number of rotatable bonds is 6. The molecule has 0 spiro atoms. The SMILES string of the molecule is COC(=O)c1ccc(C(=O)OC)c(NC(c2ccncc2)c2ccc3ccc(C)nc3c2O)c1. The third kappa shape index (κ3) is 4.38. The Morgan fingerprint density at radius 1 is 0.941 bits per heavy atom. The molecule has 0 amide bonds. The van der Waals surface area contributed by atoms with Gasteiger partial charge in [-0.05, 0) is 48.9 Å². The highest BCUT2D eigenvalue weighted by atomic mass is 16.5. The van der Waals surface area contributed by atoms with Crippen LogP contribution in [0.1, 0.15) is 43.6 Å². The number of ether oxygens (including phenoxy) is 2. The highest BCUT2D eigenvalue weighted by Gasteiger charge is 2.23. The third-order valence-electron chi connectivity index (χ3n) is 5.50. The normalized spacial score (nSPS) is 11.6. The van der Waals surface area contributed by atoms with E-state index in [1.165, 1.54) is 32.4 Å². The maximum absolute atomic E-state index is 12.5. The van der Waals surface area contributed by atoms with Gasteiger partial charge in [-0.3, -0.25) is 4.98 Å². The van der Waals surface area contributed by atoms with Crippen molar-refractivity contribution in [2.75, 3.05) is 19.5 Å². The van der Waals surface area contributed by atoms with Crippen molar-refractivity contribution in [1.29, 1.82) is 0 Å². The highest BCUT2D eigenvalue weighted by Crippen LogP contribution is 2.37. The maximum atomic E-state index is 12.5. The zero-order valence-corrected chi connectivity index (χ0v) is 18.9. The molecule has 0 aliphatic rings. The first-order valence-corrected chi connectivity index (χ1v) is 10.5. The van der Waals surface area contributed by atoms with E-state index >= 15 is 0 Å². The number of fused-ring (bicyclic) bond motifs is 1. The lowest BCUT2D eigenvalue weighted by molar-refractivity contribution is 0.0587. The number of carbonyl (C=O) groups excluding carboxylic acids is 2. The molecule has 1 unspecified atom stereocenters. The molecule has 0 aliphatic heterocycles. The Morgan fingerprint density at radius 2 is 1.65 bits per heavy atom. The fraction of sp³-hybridized carbons (Fsp3) is 0.154. The molecular formula is C26H23N3O5. The summed E-state index contributed by atoms with van der Waals surface area (Å²) in [4.78, 5) is 33.2. The van der Waals surface area contributed by atoms with E-state index in [1.807, 2.05) is 25.1 Å². The van der Waals surface area contributed by atoms with E-state index in [4.69, 9.17) is 9.47 Å². The standard InChI is InChI=1S/C26H23N3O5/c1-15-4-5-16-6-9-20(24(30)23(16)28-15)22(17-10-12-27-13-11-17)29-21-14-18(25(31)33-2)7-8-19(21)26(32)34-3/h4-14,22,29-30H,1-3H3. The second-order valence-electron chi connectivity index (χ2n) is 7.63. The molecule has 4 aromatic rings. The second kappa shape index (κ2) is 9.58. The number of aromatic hydroxyl groups is 1. The molecule has 0 saturated heterocycles. The molecule has 2 aromatic carbocycles. The van der Waals surface area contributed by atoms with Gasteiger partial charge in [0, 0.05) is 29.0 Å². The first-order chi connectivity index (χ1) is 16.4. The monoisotopic (exact) mass is 457 g/mol. The summed E-state index contributed by atoms with van der Waals surface area (Å²) in [6.07, 6.45) is 3.27. The van der Waals surface area contributed by atoms with Crippen molar-refractivity contribution in [3.63, 3.8) is 0 Å². The lowest BCUT2D eigenvalue weighted by Gasteiger charge is -2.24. The Bertz CT molecular complexity index is 1370. The van der Waals surface area contributed by atoms with E-state index in [0.717, 1.165) is 16.6 Å². The lowest BCUT2D eigenvalue weighted by atomic mass is 9.96. The van der Waals surface area contributed by atoms with Crippen molar-refractivity contribution in [3.8, 4) is 5.75 Å². The van der Waals surface area contributed by atoms with Crippen LogP contribution in [0.2, 0.25) is 0 Å². The number of phenolic OH excluding ortho intramolecular Hbond substituents is 1. The van der Waals surface area contributed by atoms with Gasteiger partial charge in [0.1, 0.15) is 11.3 Å². The molecule has 8 heteroatoms. The number of hydrogen-bond donors (Lipinski definition) is 2. The molecule has 172 valence electrons. The van der Waals surface area contributed by atoms with Crippen LogP contribution in [-0.4, -0.2) is 41.2 Å². The van der Waals surface area contributed by atoms with Gasteiger partial charge in [-0.25, -0.2) is 14.6 Å². The van der Waals surface area contributed by atoms with Gasteiger partial charge >= 0.3 is 11.9 Å². The summed E-state index contributed by atoms with van der Waals surface area (Å²) in [5.74, 6) is -1.11. The number of benzene rings is 2. The number of aromatic nitrogens is 2. The van der Waals surface area contributed by atoms with Crippen molar-refractivity contribution in [1.82, 2.24) is 9.97 Å². The Hall–Kier alpha value is -4.46. The smallest absolute Gasteiger partial charge is 0.339 e. The summed E-state index contributed by atoms with van der Waals surface area (Å²) >= 11 is 0. The molecule has 2 aromatic heterocycles. The fourth-order valence-electron chi connectivity index (χ4n) is 3.77. The average molecular weight is 457 g/mol. The zero-order valence-electron chi connectivity index (χ0n) is 18.9. The van der Waals surface area contributed by atoms with E-state index < -0.39 is 18.0 Å². The largest absolute Gasteiger partial charge is 0.505 e. The van der Waals surface area contributed by atoms with Gasteiger partial charge < -0.3 is 19.9 Å². The Balaban J connectivity index is 1.89. The molecule has 0 radical (unpaired) electrons. The van der Waals surface area contributed by atoms with Crippen LogP contribution in [0.25, 0.3) is 10.9 Å². The zero-order chi connectivity index (χ0) is 24.2. The number of methoxy groups -OCH3 is 2. The molecule has 2 heterocycles. The molecular weight excluding hydrogens is 434 g/mol. The van der Waals surface area contributed by atoms with Crippen LogP contribution in [0.3, 0.4) is 0 Å². The van der Waals surface area contributed by atoms with Crippen LogP contribution in [0.5, 0.6) is 5.75 Å². The molecule has 0 saturated carbocycles. The van der Waals surface area contributed by atoms with Gasteiger partial charge in [-0.2, -0.15) is 0 Å². The Labute approximate surface area is 196 Å². The van der Waals surface area contributed by atoms with Crippen LogP contribution >= 0.6 is 0 Å². The van der Waals surface area contributed by atoms with Crippen LogP contribution in [-0.2, 0) is 9.47 Å². The predicted molar refractivity (Wildman–Crippen MR) is 127 cm³/mol. The molecule has 1 atom stereocenters. The van der Waals surface area contributed by atoms with Crippen LogP contribution in [0.15, 0.2) is 67.0 Å². The van der Waals surface area contributed by atoms with E-state index in [0.29, 0.717) is 16.8 Å². The third-order valence-corrected chi connectivity index (χ3v) is 5.50. The van der Waals surface area contributed by atoms with Crippen molar-refractivity contribution in [3.05, 3.63) is 94.9 Å². The molecule has 0 bridgehead atoms. The van der Waals surface area contributed by atoms with Gasteiger partial charge in [-0.1, -0.05) is 18.2 Å². The van der Waals surface area contributed by atoms with Crippen molar-refractivity contribution in [2.45, 2.75) is 13.0 Å². The molecule has 2 N–H and O–H groups in total. The van der Waals surface area contributed by atoms with Crippen LogP contribution in [0, 0.1) is 6.92 Å². The lowest BCUT2D eigenvalue weighted by Crippen LogP contribution is -2.17. The minimum absolute atomic E-state index is 0.0132. The summed E-state index contributed by atoms with van der Waals surface area (Å²) in [7, 11) is 2.56. The number of carbonyl (C=O) groups is 2. The summed E-state index contributed by atoms with van der Waals surface area (Å²) in [5.41, 5.74) is 3.37. The summed E-state index contributed by atoms with van der Waals surface area (Å²) in [6, 6.07) is 14.9. The van der Waals surface area contributed by atoms with E-state index in [2.05, 4.69) is 15.3 Å². The number of esters is 2.